The summed E-state index contributed by atoms with van der Waals surface area (Å²) in [6.45, 7) is 4.00. The van der Waals surface area contributed by atoms with Crippen molar-refractivity contribution in [1.82, 2.24) is 0 Å². The summed E-state index contributed by atoms with van der Waals surface area (Å²) in [5.41, 5.74) is 0. The molecule has 0 radical (unpaired) electrons. The number of rotatable bonds is 5. The minimum Gasteiger partial charge on any atom is -0.466 e. The Morgan fingerprint density at radius 2 is 2.00 bits per heavy atom. The fourth-order valence-corrected chi connectivity index (χ4v) is 3.82. The van der Waals surface area contributed by atoms with Crippen molar-refractivity contribution in [2.45, 2.75) is 51.2 Å². The first-order chi connectivity index (χ1) is 7.65. The average molecular weight is 246 g/mol. The normalized spacial score (nSPS) is 21.4. The van der Waals surface area contributed by atoms with Crippen LogP contribution < -0.4 is 0 Å². The molecule has 0 saturated heterocycles. The molecular formula is C12H22O3S. The molecule has 0 bridgehead atoms. The number of hydrogen-bond donors (Lipinski definition) is 0. The van der Waals surface area contributed by atoms with Crippen LogP contribution in [0.3, 0.4) is 0 Å². The van der Waals surface area contributed by atoms with Crippen LogP contribution in [0.5, 0.6) is 0 Å². The summed E-state index contributed by atoms with van der Waals surface area (Å²) in [6, 6.07) is 0. The molecule has 2 unspecified atom stereocenters. The molecule has 0 aromatic rings. The van der Waals surface area contributed by atoms with Crippen LogP contribution in [-0.2, 0) is 20.3 Å². The van der Waals surface area contributed by atoms with E-state index in [2.05, 4.69) is 0 Å². The maximum Gasteiger partial charge on any atom is 0.309 e. The molecule has 16 heavy (non-hydrogen) atoms. The average Bonchev–Trinajstić information content (AvgIpc) is 2.30. The lowest BCUT2D eigenvalue weighted by Gasteiger charge is -2.22. The van der Waals surface area contributed by atoms with Crippen molar-refractivity contribution in [2.24, 2.45) is 5.92 Å². The maximum absolute atomic E-state index is 12.0. The highest BCUT2D eigenvalue weighted by Crippen LogP contribution is 2.23. The molecule has 3 nitrogen and oxygen atoms in total. The van der Waals surface area contributed by atoms with E-state index in [1.54, 1.807) is 13.8 Å². The first-order valence-electron chi connectivity index (χ1n) is 6.19. The molecule has 0 aliphatic heterocycles. The summed E-state index contributed by atoms with van der Waals surface area (Å²) in [5.74, 6) is 0.0121. The lowest BCUT2D eigenvalue weighted by atomic mass is 10.0. The summed E-state index contributed by atoms with van der Waals surface area (Å²) >= 11 is 0. The van der Waals surface area contributed by atoms with Crippen molar-refractivity contribution >= 4 is 16.8 Å². The van der Waals surface area contributed by atoms with Crippen molar-refractivity contribution in [3.8, 4) is 0 Å². The van der Waals surface area contributed by atoms with E-state index in [-0.39, 0.29) is 11.9 Å². The predicted molar refractivity (Wildman–Crippen MR) is 65.7 cm³/mol. The molecule has 0 N–H and O–H groups in total. The highest BCUT2D eigenvalue weighted by Gasteiger charge is 2.24. The SMILES string of the molecule is CCOC(=O)C(C)CS(=O)C1CCCCC1. The van der Waals surface area contributed by atoms with Crippen LogP contribution in [0.4, 0.5) is 0 Å². The van der Waals surface area contributed by atoms with Gasteiger partial charge in [0.1, 0.15) is 0 Å². The number of esters is 1. The van der Waals surface area contributed by atoms with Gasteiger partial charge in [0.15, 0.2) is 0 Å². The highest BCUT2D eigenvalue weighted by molar-refractivity contribution is 7.85. The quantitative estimate of drug-likeness (QED) is 0.699. The maximum atomic E-state index is 12.0. The van der Waals surface area contributed by atoms with E-state index in [0.717, 1.165) is 12.8 Å². The minimum absolute atomic E-state index is 0.216. The van der Waals surface area contributed by atoms with Gasteiger partial charge in [-0.05, 0) is 19.8 Å². The molecule has 0 amide bonds. The zero-order valence-electron chi connectivity index (χ0n) is 10.2. The van der Waals surface area contributed by atoms with E-state index in [0.29, 0.717) is 17.6 Å². The van der Waals surface area contributed by atoms with E-state index in [4.69, 9.17) is 4.74 Å². The molecular weight excluding hydrogens is 224 g/mol. The molecule has 0 aromatic heterocycles. The Kier molecular flexibility index (Phi) is 6.03. The fraction of sp³-hybridized carbons (Fsp3) is 0.917. The number of carbonyl (C=O) groups is 1. The third kappa shape index (κ3) is 4.24. The molecule has 1 saturated carbocycles. The number of ether oxygens (including phenoxy) is 1. The second-order valence-electron chi connectivity index (χ2n) is 4.46. The zero-order valence-corrected chi connectivity index (χ0v) is 11.1. The van der Waals surface area contributed by atoms with Gasteiger partial charge >= 0.3 is 5.97 Å². The molecule has 1 aliphatic carbocycles. The summed E-state index contributed by atoms with van der Waals surface area (Å²) < 4.78 is 16.9. The van der Waals surface area contributed by atoms with Crippen LogP contribution in [-0.4, -0.2) is 27.8 Å². The van der Waals surface area contributed by atoms with E-state index in [9.17, 15) is 9.00 Å². The van der Waals surface area contributed by atoms with Crippen molar-refractivity contribution in [1.29, 1.82) is 0 Å². The zero-order chi connectivity index (χ0) is 12.0. The number of hydrogen-bond acceptors (Lipinski definition) is 3. The van der Waals surface area contributed by atoms with Gasteiger partial charge in [0.2, 0.25) is 0 Å². The summed E-state index contributed by atoms with van der Waals surface area (Å²) in [6.07, 6.45) is 5.75. The van der Waals surface area contributed by atoms with Crippen molar-refractivity contribution in [3.63, 3.8) is 0 Å². The molecule has 2 atom stereocenters. The van der Waals surface area contributed by atoms with Gasteiger partial charge < -0.3 is 4.74 Å². The van der Waals surface area contributed by atoms with Crippen LogP contribution in [0.1, 0.15) is 46.0 Å². The van der Waals surface area contributed by atoms with E-state index in [1.807, 2.05) is 0 Å². The summed E-state index contributed by atoms with van der Waals surface area (Å²) in [4.78, 5) is 11.4. The molecule has 1 fully saturated rings. The van der Waals surface area contributed by atoms with Gasteiger partial charge in [0, 0.05) is 21.8 Å². The van der Waals surface area contributed by atoms with Crippen LogP contribution in [0.25, 0.3) is 0 Å². The van der Waals surface area contributed by atoms with E-state index < -0.39 is 10.8 Å². The van der Waals surface area contributed by atoms with E-state index >= 15 is 0 Å². The summed E-state index contributed by atoms with van der Waals surface area (Å²) in [5, 5.41) is 0.311. The monoisotopic (exact) mass is 246 g/mol. The van der Waals surface area contributed by atoms with Gasteiger partial charge in [0.05, 0.1) is 12.5 Å². The van der Waals surface area contributed by atoms with Gasteiger partial charge in [0.25, 0.3) is 0 Å². The Labute approximate surface area is 100 Å². The molecule has 94 valence electrons. The lowest BCUT2D eigenvalue weighted by Crippen LogP contribution is -2.27. The Morgan fingerprint density at radius 3 is 2.56 bits per heavy atom. The third-order valence-electron chi connectivity index (χ3n) is 3.03. The van der Waals surface area contributed by atoms with Crippen LogP contribution in [0, 0.1) is 5.92 Å². The second-order valence-corrected chi connectivity index (χ2v) is 6.22. The van der Waals surface area contributed by atoms with Crippen LogP contribution in [0.2, 0.25) is 0 Å². The Balaban J connectivity index is 2.34. The topological polar surface area (TPSA) is 43.4 Å². The Hall–Kier alpha value is -0.380. The molecule has 0 aromatic carbocycles. The van der Waals surface area contributed by atoms with E-state index in [1.165, 1.54) is 19.3 Å². The first-order valence-corrected chi connectivity index (χ1v) is 7.57. The first kappa shape index (κ1) is 13.7. The third-order valence-corrected chi connectivity index (χ3v) is 5.07. The Morgan fingerprint density at radius 1 is 1.38 bits per heavy atom. The second kappa shape index (κ2) is 7.05. The lowest BCUT2D eigenvalue weighted by molar-refractivity contribution is -0.146. The largest absolute Gasteiger partial charge is 0.466 e. The molecule has 4 heteroatoms. The van der Waals surface area contributed by atoms with Crippen LogP contribution in [0.15, 0.2) is 0 Å². The van der Waals surface area contributed by atoms with Crippen molar-refractivity contribution < 1.29 is 13.7 Å². The van der Waals surface area contributed by atoms with Gasteiger partial charge in [-0.25, -0.2) is 0 Å². The smallest absolute Gasteiger partial charge is 0.309 e. The standard InChI is InChI=1S/C12H22O3S/c1-3-15-12(13)10(2)9-16(14)11-7-5-4-6-8-11/h10-11H,3-9H2,1-2H3. The Bertz CT molecular complexity index is 247. The molecule has 0 heterocycles. The van der Waals surface area contributed by atoms with Crippen molar-refractivity contribution in [2.75, 3.05) is 12.4 Å². The predicted octanol–water partition coefficient (Wildman–Crippen LogP) is 2.27. The van der Waals surface area contributed by atoms with Crippen LogP contribution >= 0.6 is 0 Å². The van der Waals surface area contributed by atoms with Gasteiger partial charge in [-0.2, -0.15) is 0 Å². The highest BCUT2D eigenvalue weighted by atomic mass is 32.2. The number of carbonyl (C=O) groups excluding carboxylic acids is 1. The van der Waals surface area contributed by atoms with Gasteiger partial charge in [-0.1, -0.05) is 26.2 Å². The molecule has 1 rings (SSSR count). The minimum atomic E-state index is -0.862. The van der Waals surface area contributed by atoms with Gasteiger partial charge in [-0.15, -0.1) is 0 Å². The van der Waals surface area contributed by atoms with Gasteiger partial charge in [-0.3, -0.25) is 9.00 Å². The molecule has 1 aliphatic rings. The van der Waals surface area contributed by atoms with Crippen molar-refractivity contribution in [3.05, 3.63) is 0 Å². The summed E-state index contributed by atoms with van der Waals surface area (Å²) in [7, 11) is -0.862. The molecule has 0 spiro atoms. The fourth-order valence-electron chi connectivity index (χ4n) is 2.06.